The minimum absolute atomic E-state index is 0.752. The molecular weight excluding hydrogens is 288 g/mol. The average Bonchev–Trinajstić information content (AvgIpc) is 3.27. The molecule has 0 aromatic carbocycles. The van der Waals surface area contributed by atoms with Crippen LogP contribution in [-0.4, -0.2) is 74.8 Å². The fourth-order valence-corrected chi connectivity index (χ4v) is 3.20. The van der Waals surface area contributed by atoms with Crippen molar-refractivity contribution in [3.8, 4) is 0 Å². The summed E-state index contributed by atoms with van der Waals surface area (Å²) in [5.41, 5.74) is 0. The Labute approximate surface area is 142 Å². The first-order valence-corrected chi connectivity index (χ1v) is 9.60. The molecule has 1 aliphatic heterocycles. The van der Waals surface area contributed by atoms with E-state index >= 15 is 0 Å². The summed E-state index contributed by atoms with van der Waals surface area (Å²) in [5.74, 6) is 2.68. The minimum atomic E-state index is 0.752. The number of guanidine groups is 1. The van der Waals surface area contributed by atoms with Crippen LogP contribution in [0.3, 0.4) is 0 Å². The van der Waals surface area contributed by atoms with Gasteiger partial charge in [-0.1, -0.05) is 13.8 Å². The van der Waals surface area contributed by atoms with E-state index in [1.807, 2.05) is 0 Å². The number of hydrogen-bond donors (Lipinski definition) is 1. The zero-order valence-corrected chi connectivity index (χ0v) is 15.4. The number of aliphatic imine (C=N–C) groups is 1. The highest BCUT2D eigenvalue weighted by Gasteiger charge is 2.26. The average molecular weight is 325 g/mol. The summed E-state index contributed by atoms with van der Waals surface area (Å²) in [6.45, 7) is 15.8. The Morgan fingerprint density at radius 1 is 1.17 bits per heavy atom. The van der Waals surface area contributed by atoms with Crippen LogP contribution in [-0.2, 0) is 4.74 Å². The Morgan fingerprint density at radius 2 is 1.96 bits per heavy atom. The largest absolute Gasteiger partial charge is 0.379 e. The van der Waals surface area contributed by atoms with E-state index < -0.39 is 0 Å². The number of rotatable bonds is 10. The molecule has 0 radical (unpaired) electrons. The first-order valence-electron chi connectivity index (χ1n) is 9.60. The molecule has 0 aromatic heterocycles. The lowest BCUT2D eigenvalue weighted by Crippen LogP contribution is -2.41. The van der Waals surface area contributed by atoms with Crippen molar-refractivity contribution in [3.63, 3.8) is 0 Å². The Hall–Kier alpha value is -0.810. The number of ether oxygens (including phenoxy) is 1. The van der Waals surface area contributed by atoms with Gasteiger partial charge in [0.1, 0.15) is 0 Å². The summed E-state index contributed by atoms with van der Waals surface area (Å²) in [6, 6.07) is 0. The van der Waals surface area contributed by atoms with Gasteiger partial charge in [0.25, 0.3) is 0 Å². The molecule has 1 aliphatic carbocycles. The Morgan fingerprint density at radius 3 is 2.61 bits per heavy atom. The third-order valence-corrected chi connectivity index (χ3v) is 4.88. The van der Waals surface area contributed by atoms with E-state index in [1.165, 1.54) is 25.8 Å². The topological polar surface area (TPSA) is 40.1 Å². The predicted octanol–water partition coefficient (Wildman–Crippen LogP) is 2.04. The standard InChI is InChI=1S/C18H36N4O/c1-4-19-18(20-10-12-23-15-16-7-8-16)22-11-9-17(14-22)13-21(5-2)6-3/h16-17H,4-15H2,1-3H3,(H,19,20). The fourth-order valence-electron chi connectivity index (χ4n) is 3.20. The van der Waals surface area contributed by atoms with Gasteiger partial charge in [-0.15, -0.1) is 0 Å². The first kappa shape index (κ1) is 18.5. The van der Waals surface area contributed by atoms with E-state index in [4.69, 9.17) is 9.73 Å². The number of nitrogens with one attached hydrogen (secondary N) is 1. The summed E-state index contributed by atoms with van der Waals surface area (Å²) in [5, 5.41) is 3.45. The van der Waals surface area contributed by atoms with Crippen molar-refractivity contribution in [2.75, 3.05) is 59.0 Å². The second-order valence-corrected chi connectivity index (χ2v) is 6.84. The van der Waals surface area contributed by atoms with Crippen LogP contribution in [0.5, 0.6) is 0 Å². The van der Waals surface area contributed by atoms with Crippen molar-refractivity contribution in [2.24, 2.45) is 16.8 Å². The van der Waals surface area contributed by atoms with Crippen molar-refractivity contribution >= 4 is 5.96 Å². The highest BCUT2D eigenvalue weighted by Crippen LogP contribution is 2.28. The van der Waals surface area contributed by atoms with Crippen molar-refractivity contribution in [3.05, 3.63) is 0 Å². The molecule has 0 spiro atoms. The van der Waals surface area contributed by atoms with Crippen LogP contribution in [0.2, 0.25) is 0 Å². The second-order valence-electron chi connectivity index (χ2n) is 6.84. The molecule has 1 saturated heterocycles. The van der Waals surface area contributed by atoms with Crippen LogP contribution in [0, 0.1) is 11.8 Å². The second kappa shape index (κ2) is 10.1. The van der Waals surface area contributed by atoms with Gasteiger partial charge >= 0.3 is 0 Å². The number of likely N-dealkylation sites (tertiary alicyclic amines) is 1. The molecule has 0 bridgehead atoms. The van der Waals surface area contributed by atoms with E-state index in [1.54, 1.807) is 0 Å². The molecule has 2 rings (SSSR count). The number of hydrogen-bond acceptors (Lipinski definition) is 3. The lowest BCUT2D eigenvalue weighted by Gasteiger charge is -2.24. The molecule has 1 unspecified atom stereocenters. The lowest BCUT2D eigenvalue weighted by molar-refractivity contribution is 0.131. The molecule has 1 atom stereocenters. The Kier molecular flexibility index (Phi) is 8.17. The first-order chi connectivity index (χ1) is 11.3. The summed E-state index contributed by atoms with van der Waals surface area (Å²) < 4.78 is 5.69. The van der Waals surface area contributed by atoms with E-state index in [0.717, 1.165) is 70.3 Å². The summed E-state index contributed by atoms with van der Waals surface area (Å²) in [7, 11) is 0. The van der Waals surface area contributed by atoms with E-state index in [0.29, 0.717) is 0 Å². The van der Waals surface area contributed by atoms with Gasteiger partial charge in [0.15, 0.2) is 5.96 Å². The minimum Gasteiger partial charge on any atom is -0.379 e. The highest BCUT2D eigenvalue weighted by atomic mass is 16.5. The molecule has 23 heavy (non-hydrogen) atoms. The smallest absolute Gasteiger partial charge is 0.194 e. The molecule has 2 aliphatic rings. The Balaban J connectivity index is 1.73. The monoisotopic (exact) mass is 324 g/mol. The summed E-state index contributed by atoms with van der Waals surface area (Å²) in [6.07, 6.45) is 3.99. The van der Waals surface area contributed by atoms with Gasteiger partial charge in [0.05, 0.1) is 13.2 Å². The van der Waals surface area contributed by atoms with Crippen LogP contribution in [0.25, 0.3) is 0 Å². The highest BCUT2D eigenvalue weighted by molar-refractivity contribution is 5.80. The maximum Gasteiger partial charge on any atom is 0.194 e. The van der Waals surface area contributed by atoms with Crippen LogP contribution in [0.1, 0.15) is 40.0 Å². The van der Waals surface area contributed by atoms with Gasteiger partial charge in [-0.05, 0) is 51.1 Å². The SMILES string of the molecule is CCNC(=NCCOCC1CC1)N1CCC(CN(CC)CC)C1. The normalized spacial score (nSPS) is 22.2. The molecule has 0 amide bonds. The van der Waals surface area contributed by atoms with Gasteiger partial charge in [-0.3, -0.25) is 4.99 Å². The van der Waals surface area contributed by atoms with Crippen molar-refractivity contribution in [1.29, 1.82) is 0 Å². The van der Waals surface area contributed by atoms with Crippen molar-refractivity contribution in [2.45, 2.75) is 40.0 Å². The van der Waals surface area contributed by atoms with Crippen molar-refractivity contribution < 1.29 is 4.74 Å². The van der Waals surface area contributed by atoms with Crippen LogP contribution in [0.15, 0.2) is 4.99 Å². The summed E-state index contributed by atoms with van der Waals surface area (Å²) >= 11 is 0. The van der Waals surface area contributed by atoms with Crippen LogP contribution >= 0.6 is 0 Å². The molecular formula is C18H36N4O. The predicted molar refractivity (Wildman–Crippen MR) is 97.0 cm³/mol. The third-order valence-electron chi connectivity index (χ3n) is 4.88. The third kappa shape index (κ3) is 6.68. The van der Waals surface area contributed by atoms with Crippen LogP contribution < -0.4 is 5.32 Å². The van der Waals surface area contributed by atoms with Gasteiger partial charge in [0, 0.05) is 32.8 Å². The zero-order chi connectivity index (χ0) is 16.5. The quantitative estimate of drug-likeness (QED) is 0.379. The molecule has 1 saturated carbocycles. The molecule has 1 N–H and O–H groups in total. The molecule has 1 heterocycles. The van der Waals surface area contributed by atoms with Gasteiger partial charge in [0.2, 0.25) is 0 Å². The van der Waals surface area contributed by atoms with Gasteiger partial charge < -0.3 is 19.9 Å². The fraction of sp³-hybridized carbons (Fsp3) is 0.944. The van der Waals surface area contributed by atoms with Crippen molar-refractivity contribution in [1.82, 2.24) is 15.1 Å². The molecule has 5 nitrogen and oxygen atoms in total. The molecule has 0 aromatic rings. The number of nitrogens with zero attached hydrogens (tertiary/aromatic N) is 3. The zero-order valence-electron chi connectivity index (χ0n) is 15.4. The van der Waals surface area contributed by atoms with Crippen LogP contribution in [0.4, 0.5) is 0 Å². The lowest BCUT2D eigenvalue weighted by atomic mass is 10.1. The summed E-state index contributed by atoms with van der Waals surface area (Å²) in [4.78, 5) is 9.72. The molecule has 2 fully saturated rings. The van der Waals surface area contributed by atoms with Gasteiger partial charge in [-0.2, -0.15) is 0 Å². The van der Waals surface area contributed by atoms with E-state index in [9.17, 15) is 0 Å². The van der Waals surface area contributed by atoms with Gasteiger partial charge in [-0.25, -0.2) is 0 Å². The van der Waals surface area contributed by atoms with E-state index in [2.05, 4.69) is 35.9 Å². The Bertz CT molecular complexity index is 353. The van der Waals surface area contributed by atoms with E-state index in [-0.39, 0.29) is 0 Å². The molecule has 5 heteroatoms. The molecule has 134 valence electrons. The maximum atomic E-state index is 5.69. The maximum absolute atomic E-state index is 5.69.